The van der Waals surface area contributed by atoms with Crippen LogP contribution in [0.5, 0.6) is 0 Å². The van der Waals surface area contributed by atoms with Crippen molar-refractivity contribution in [2.24, 2.45) is 5.73 Å². The normalized spacial score (nSPS) is 18.9. The highest BCUT2D eigenvalue weighted by atomic mass is 32.1. The van der Waals surface area contributed by atoms with Crippen molar-refractivity contribution in [1.82, 2.24) is 0 Å². The van der Waals surface area contributed by atoms with Gasteiger partial charge in [-0.15, -0.1) is 0 Å². The van der Waals surface area contributed by atoms with Gasteiger partial charge in [0.15, 0.2) is 0 Å². The van der Waals surface area contributed by atoms with Crippen molar-refractivity contribution in [2.75, 3.05) is 25.1 Å². The van der Waals surface area contributed by atoms with Gasteiger partial charge in [-0.1, -0.05) is 36.5 Å². The second kappa shape index (κ2) is 6.00. The minimum atomic E-state index is 0.313. The van der Waals surface area contributed by atoms with E-state index in [4.69, 9.17) is 22.7 Å². The summed E-state index contributed by atoms with van der Waals surface area (Å²) in [6.45, 7) is 2.00. The fraction of sp³-hybridized carbons (Fsp3) is 0.353. The average Bonchev–Trinajstić information content (AvgIpc) is 2.53. The van der Waals surface area contributed by atoms with Gasteiger partial charge in [0.05, 0.1) is 6.10 Å². The fourth-order valence-electron chi connectivity index (χ4n) is 3.12. The van der Waals surface area contributed by atoms with Gasteiger partial charge in [0.25, 0.3) is 0 Å². The monoisotopic (exact) mass is 300 g/mol. The van der Waals surface area contributed by atoms with Crippen LogP contribution in [0.1, 0.15) is 18.4 Å². The first-order valence-corrected chi connectivity index (χ1v) is 7.71. The maximum absolute atomic E-state index is 5.85. The van der Waals surface area contributed by atoms with Gasteiger partial charge in [-0.3, -0.25) is 0 Å². The number of thiocarbonyl (C=S) groups is 1. The predicted octanol–water partition coefficient (Wildman–Crippen LogP) is 3.09. The third-order valence-electron chi connectivity index (χ3n) is 4.22. The van der Waals surface area contributed by atoms with Gasteiger partial charge < -0.3 is 15.4 Å². The van der Waals surface area contributed by atoms with Crippen LogP contribution in [0.2, 0.25) is 0 Å². The number of anilines is 1. The van der Waals surface area contributed by atoms with Gasteiger partial charge in [-0.05, 0) is 30.4 Å². The summed E-state index contributed by atoms with van der Waals surface area (Å²) in [5.74, 6) is 0. The van der Waals surface area contributed by atoms with Crippen LogP contribution in [-0.2, 0) is 4.74 Å². The highest BCUT2D eigenvalue weighted by Gasteiger charge is 2.21. The molecule has 21 heavy (non-hydrogen) atoms. The molecule has 110 valence electrons. The van der Waals surface area contributed by atoms with Crippen molar-refractivity contribution in [1.29, 1.82) is 0 Å². The number of hydrogen-bond donors (Lipinski definition) is 1. The molecule has 0 aliphatic carbocycles. The third kappa shape index (κ3) is 2.74. The first-order valence-electron chi connectivity index (χ1n) is 7.30. The zero-order valence-electron chi connectivity index (χ0n) is 12.2. The van der Waals surface area contributed by atoms with E-state index in [0.717, 1.165) is 36.9 Å². The van der Waals surface area contributed by atoms with Gasteiger partial charge in [0.2, 0.25) is 0 Å². The predicted molar refractivity (Wildman–Crippen MR) is 92.1 cm³/mol. The van der Waals surface area contributed by atoms with Gasteiger partial charge in [-0.25, -0.2) is 0 Å². The van der Waals surface area contributed by atoms with E-state index in [1.165, 1.54) is 11.1 Å². The van der Waals surface area contributed by atoms with Crippen LogP contribution in [0.3, 0.4) is 0 Å². The van der Waals surface area contributed by atoms with Crippen molar-refractivity contribution in [3.63, 3.8) is 0 Å². The number of nitrogens with zero attached hydrogens (tertiary/aromatic N) is 1. The lowest BCUT2D eigenvalue weighted by atomic mass is 10.00. The summed E-state index contributed by atoms with van der Waals surface area (Å²) in [4.78, 5) is 2.86. The van der Waals surface area contributed by atoms with Crippen LogP contribution in [0.25, 0.3) is 10.8 Å². The molecule has 1 saturated heterocycles. The molecule has 2 aromatic carbocycles. The highest BCUT2D eigenvalue weighted by Crippen LogP contribution is 2.31. The standard InChI is InChI=1S/C17H20N2OS/c1-20-12-5-4-10-19(11-12)16-9-8-15(17(18)21)13-6-2-3-7-14(13)16/h2-3,6-9,12H,4-5,10-11H2,1H3,(H2,18,21). The van der Waals surface area contributed by atoms with E-state index in [1.807, 2.05) is 12.1 Å². The molecule has 3 rings (SSSR count). The van der Waals surface area contributed by atoms with E-state index in [1.54, 1.807) is 7.11 Å². The molecule has 0 amide bonds. The van der Waals surface area contributed by atoms with E-state index < -0.39 is 0 Å². The van der Waals surface area contributed by atoms with Crippen molar-refractivity contribution in [3.8, 4) is 0 Å². The molecule has 1 aliphatic heterocycles. The maximum atomic E-state index is 5.85. The Labute approximate surface area is 130 Å². The summed E-state index contributed by atoms with van der Waals surface area (Å²) < 4.78 is 5.53. The smallest absolute Gasteiger partial charge is 0.104 e. The Bertz CT molecular complexity index is 671. The van der Waals surface area contributed by atoms with E-state index in [9.17, 15) is 0 Å². The Hall–Kier alpha value is -1.65. The fourth-order valence-corrected chi connectivity index (χ4v) is 3.30. The summed E-state index contributed by atoms with van der Waals surface area (Å²) >= 11 is 5.17. The molecule has 0 aromatic heterocycles. The molecule has 3 nitrogen and oxygen atoms in total. The van der Waals surface area contributed by atoms with Crippen molar-refractivity contribution >= 4 is 33.7 Å². The zero-order chi connectivity index (χ0) is 14.8. The van der Waals surface area contributed by atoms with Gasteiger partial charge in [0, 0.05) is 36.8 Å². The number of piperidine rings is 1. The number of fused-ring (bicyclic) bond motifs is 1. The van der Waals surface area contributed by atoms with Crippen LogP contribution < -0.4 is 10.6 Å². The number of ether oxygens (including phenoxy) is 1. The quantitative estimate of drug-likeness (QED) is 0.884. The summed E-state index contributed by atoms with van der Waals surface area (Å²) in [5, 5.41) is 2.33. The van der Waals surface area contributed by atoms with Crippen LogP contribution in [-0.4, -0.2) is 31.3 Å². The summed E-state index contributed by atoms with van der Waals surface area (Å²) in [5.41, 5.74) is 8.04. The minimum Gasteiger partial charge on any atom is -0.389 e. The Morgan fingerprint density at radius 1 is 1.24 bits per heavy atom. The Balaban J connectivity index is 2.07. The lowest BCUT2D eigenvalue weighted by Gasteiger charge is -2.34. The lowest BCUT2D eigenvalue weighted by Crippen LogP contribution is -2.39. The molecule has 1 aliphatic rings. The van der Waals surface area contributed by atoms with E-state index in [-0.39, 0.29) is 0 Å². The number of benzene rings is 2. The molecule has 1 unspecified atom stereocenters. The van der Waals surface area contributed by atoms with E-state index in [2.05, 4.69) is 29.2 Å². The molecule has 2 aromatic rings. The molecule has 4 heteroatoms. The minimum absolute atomic E-state index is 0.313. The Kier molecular flexibility index (Phi) is 4.08. The first kappa shape index (κ1) is 14.3. The second-order valence-electron chi connectivity index (χ2n) is 5.49. The van der Waals surface area contributed by atoms with Crippen molar-refractivity contribution in [2.45, 2.75) is 18.9 Å². The van der Waals surface area contributed by atoms with Crippen LogP contribution in [0.4, 0.5) is 5.69 Å². The second-order valence-corrected chi connectivity index (χ2v) is 5.93. The molecule has 1 heterocycles. The molecule has 0 bridgehead atoms. The number of nitrogens with two attached hydrogens (primary N) is 1. The average molecular weight is 300 g/mol. The first-order chi connectivity index (χ1) is 10.2. The van der Waals surface area contributed by atoms with Gasteiger partial charge in [0.1, 0.15) is 4.99 Å². The lowest BCUT2D eigenvalue weighted by molar-refractivity contribution is 0.0894. The molecular formula is C17H20N2OS. The van der Waals surface area contributed by atoms with Crippen LogP contribution >= 0.6 is 12.2 Å². The maximum Gasteiger partial charge on any atom is 0.104 e. The molecular weight excluding hydrogens is 280 g/mol. The molecule has 0 spiro atoms. The molecule has 1 fully saturated rings. The topological polar surface area (TPSA) is 38.5 Å². The Morgan fingerprint density at radius 2 is 2.00 bits per heavy atom. The Morgan fingerprint density at radius 3 is 2.71 bits per heavy atom. The third-order valence-corrected chi connectivity index (χ3v) is 4.44. The summed E-state index contributed by atoms with van der Waals surface area (Å²) in [6, 6.07) is 12.5. The summed E-state index contributed by atoms with van der Waals surface area (Å²) in [7, 11) is 1.79. The van der Waals surface area contributed by atoms with Gasteiger partial charge in [-0.2, -0.15) is 0 Å². The number of methoxy groups -OCH3 is 1. The van der Waals surface area contributed by atoms with Crippen LogP contribution in [0.15, 0.2) is 36.4 Å². The molecule has 1 atom stereocenters. The molecule has 2 N–H and O–H groups in total. The number of hydrogen-bond acceptors (Lipinski definition) is 3. The van der Waals surface area contributed by atoms with E-state index in [0.29, 0.717) is 11.1 Å². The van der Waals surface area contributed by atoms with E-state index >= 15 is 0 Å². The number of rotatable bonds is 3. The van der Waals surface area contributed by atoms with Crippen LogP contribution in [0, 0.1) is 0 Å². The van der Waals surface area contributed by atoms with Crippen molar-refractivity contribution < 1.29 is 4.74 Å². The SMILES string of the molecule is COC1CCCN(c2ccc(C(N)=S)c3ccccc23)C1. The highest BCUT2D eigenvalue weighted by molar-refractivity contribution is 7.80. The molecule has 0 radical (unpaired) electrons. The van der Waals surface area contributed by atoms with Crippen molar-refractivity contribution in [3.05, 3.63) is 42.0 Å². The zero-order valence-corrected chi connectivity index (χ0v) is 13.0. The molecule has 0 saturated carbocycles. The summed E-state index contributed by atoms with van der Waals surface area (Å²) in [6.07, 6.45) is 2.60. The largest absolute Gasteiger partial charge is 0.389 e. The van der Waals surface area contributed by atoms with Gasteiger partial charge >= 0.3 is 0 Å².